The predicted molar refractivity (Wildman–Crippen MR) is 70.8 cm³/mol. The number of hydrogen-bond acceptors (Lipinski definition) is 4. The molecule has 4 nitrogen and oxygen atoms in total. The molecular weight excluding hydrogens is 248 g/mol. The van der Waals surface area contributed by atoms with Crippen molar-refractivity contribution in [3.05, 3.63) is 52.0 Å². The van der Waals surface area contributed by atoms with E-state index in [9.17, 15) is 4.79 Å². The van der Waals surface area contributed by atoms with Crippen LogP contribution in [0.3, 0.4) is 0 Å². The van der Waals surface area contributed by atoms with E-state index in [-0.39, 0.29) is 11.7 Å². The van der Waals surface area contributed by atoms with Crippen molar-refractivity contribution in [2.45, 2.75) is 19.5 Å². The van der Waals surface area contributed by atoms with E-state index in [0.29, 0.717) is 6.54 Å². The van der Waals surface area contributed by atoms with Crippen LogP contribution < -0.4 is 5.32 Å². The zero-order valence-corrected chi connectivity index (χ0v) is 10.8. The van der Waals surface area contributed by atoms with E-state index in [1.54, 1.807) is 17.4 Å². The summed E-state index contributed by atoms with van der Waals surface area (Å²) < 4.78 is 0. The monoisotopic (exact) mass is 262 g/mol. The van der Waals surface area contributed by atoms with Gasteiger partial charge in [0.15, 0.2) is 0 Å². The number of thiophene rings is 1. The summed E-state index contributed by atoms with van der Waals surface area (Å²) in [7, 11) is 0. The zero-order valence-electron chi connectivity index (χ0n) is 9.96. The molecule has 0 spiro atoms. The Balaban J connectivity index is 1.98. The number of aromatic carboxylic acids is 1. The second-order valence-corrected chi connectivity index (χ2v) is 4.76. The fraction of sp³-hybridized carbons (Fsp3) is 0.231. The SMILES string of the molecule is CC(NCc1cccc(C(=O)O)n1)c1ccsc1. The van der Waals surface area contributed by atoms with Crippen molar-refractivity contribution >= 4 is 17.3 Å². The molecule has 1 unspecified atom stereocenters. The third kappa shape index (κ3) is 3.15. The highest BCUT2D eigenvalue weighted by Gasteiger charge is 2.07. The number of aromatic nitrogens is 1. The van der Waals surface area contributed by atoms with Crippen LogP contribution in [0.25, 0.3) is 0 Å². The minimum atomic E-state index is -0.997. The van der Waals surface area contributed by atoms with Gasteiger partial charge in [-0.3, -0.25) is 0 Å². The summed E-state index contributed by atoms with van der Waals surface area (Å²) in [5.41, 5.74) is 2.05. The Hall–Kier alpha value is -1.72. The van der Waals surface area contributed by atoms with Crippen LogP contribution in [0.4, 0.5) is 0 Å². The number of hydrogen-bond donors (Lipinski definition) is 2. The highest BCUT2D eigenvalue weighted by Crippen LogP contribution is 2.15. The van der Waals surface area contributed by atoms with Crippen LogP contribution in [-0.2, 0) is 6.54 Å². The third-order valence-electron chi connectivity index (χ3n) is 2.66. The lowest BCUT2D eigenvalue weighted by Gasteiger charge is -2.12. The Bertz CT molecular complexity index is 526. The smallest absolute Gasteiger partial charge is 0.354 e. The summed E-state index contributed by atoms with van der Waals surface area (Å²) in [6.45, 7) is 2.63. The number of carbonyl (C=O) groups is 1. The second kappa shape index (κ2) is 5.75. The van der Waals surface area contributed by atoms with E-state index >= 15 is 0 Å². The van der Waals surface area contributed by atoms with Gasteiger partial charge in [-0.05, 0) is 41.4 Å². The van der Waals surface area contributed by atoms with Gasteiger partial charge in [0.1, 0.15) is 5.69 Å². The van der Waals surface area contributed by atoms with E-state index in [2.05, 4.69) is 28.7 Å². The molecule has 0 fully saturated rings. The van der Waals surface area contributed by atoms with Crippen molar-refractivity contribution in [3.63, 3.8) is 0 Å². The summed E-state index contributed by atoms with van der Waals surface area (Å²) in [6, 6.07) is 7.33. The van der Waals surface area contributed by atoms with Crippen LogP contribution in [0.2, 0.25) is 0 Å². The van der Waals surface area contributed by atoms with E-state index in [1.807, 2.05) is 11.4 Å². The highest BCUT2D eigenvalue weighted by molar-refractivity contribution is 7.07. The highest BCUT2D eigenvalue weighted by atomic mass is 32.1. The van der Waals surface area contributed by atoms with Crippen LogP contribution >= 0.6 is 11.3 Å². The fourth-order valence-electron chi connectivity index (χ4n) is 1.59. The lowest BCUT2D eigenvalue weighted by atomic mass is 10.2. The van der Waals surface area contributed by atoms with Crippen molar-refractivity contribution in [1.29, 1.82) is 0 Å². The van der Waals surface area contributed by atoms with Gasteiger partial charge in [0, 0.05) is 12.6 Å². The molecule has 0 aliphatic rings. The molecule has 18 heavy (non-hydrogen) atoms. The predicted octanol–water partition coefficient (Wildman–Crippen LogP) is 2.69. The lowest BCUT2D eigenvalue weighted by molar-refractivity contribution is 0.0690. The molecule has 0 aromatic carbocycles. The van der Waals surface area contributed by atoms with Crippen LogP contribution in [0.1, 0.15) is 34.7 Å². The Morgan fingerprint density at radius 1 is 1.50 bits per heavy atom. The normalized spacial score (nSPS) is 12.3. The first-order chi connectivity index (χ1) is 8.66. The van der Waals surface area contributed by atoms with Crippen molar-refractivity contribution in [3.8, 4) is 0 Å². The molecule has 2 N–H and O–H groups in total. The molecule has 2 heterocycles. The average molecular weight is 262 g/mol. The van der Waals surface area contributed by atoms with E-state index in [0.717, 1.165) is 5.69 Å². The molecule has 0 amide bonds. The lowest BCUT2D eigenvalue weighted by Crippen LogP contribution is -2.18. The van der Waals surface area contributed by atoms with Crippen molar-refractivity contribution < 1.29 is 9.90 Å². The van der Waals surface area contributed by atoms with Crippen LogP contribution in [0, 0.1) is 0 Å². The molecule has 0 aliphatic heterocycles. The van der Waals surface area contributed by atoms with Crippen molar-refractivity contribution in [1.82, 2.24) is 10.3 Å². The number of carboxylic acids is 1. The first kappa shape index (κ1) is 12.7. The molecule has 0 bridgehead atoms. The van der Waals surface area contributed by atoms with Gasteiger partial charge in [0.2, 0.25) is 0 Å². The van der Waals surface area contributed by atoms with E-state index in [4.69, 9.17) is 5.11 Å². The molecule has 5 heteroatoms. The van der Waals surface area contributed by atoms with E-state index < -0.39 is 5.97 Å². The van der Waals surface area contributed by atoms with Crippen molar-refractivity contribution in [2.24, 2.45) is 0 Å². The standard InChI is InChI=1S/C13H14N2O2S/c1-9(10-5-6-18-8-10)14-7-11-3-2-4-12(15-11)13(16)17/h2-6,8-9,14H,7H2,1H3,(H,16,17). The summed E-state index contributed by atoms with van der Waals surface area (Å²) >= 11 is 1.66. The number of rotatable bonds is 5. The van der Waals surface area contributed by atoms with Gasteiger partial charge >= 0.3 is 5.97 Å². The maximum Gasteiger partial charge on any atom is 0.354 e. The quantitative estimate of drug-likeness (QED) is 0.869. The maximum absolute atomic E-state index is 10.8. The van der Waals surface area contributed by atoms with Gasteiger partial charge < -0.3 is 10.4 Å². The van der Waals surface area contributed by atoms with E-state index in [1.165, 1.54) is 11.6 Å². The molecule has 0 aliphatic carbocycles. The molecule has 2 rings (SSSR count). The molecule has 94 valence electrons. The molecule has 0 saturated heterocycles. The molecular formula is C13H14N2O2S. The summed E-state index contributed by atoms with van der Waals surface area (Å²) in [4.78, 5) is 14.9. The Labute approximate surface area is 109 Å². The topological polar surface area (TPSA) is 62.2 Å². The van der Waals surface area contributed by atoms with Gasteiger partial charge in [0.25, 0.3) is 0 Å². The van der Waals surface area contributed by atoms with Gasteiger partial charge in [-0.1, -0.05) is 6.07 Å². The minimum absolute atomic E-state index is 0.0810. The largest absolute Gasteiger partial charge is 0.477 e. The number of carboxylic acid groups (broad SMARTS) is 1. The summed E-state index contributed by atoms with van der Waals surface area (Å²) in [5.74, 6) is -0.997. The van der Waals surface area contributed by atoms with Gasteiger partial charge in [-0.15, -0.1) is 0 Å². The fourth-order valence-corrected chi connectivity index (χ4v) is 2.35. The van der Waals surface area contributed by atoms with Gasteiger partial charge in [0.05, 0.1) is 5.69 Å². The Kier molecular flexibility index (Phi) is 4.07. The Morgan fingerprint density at radius 3 is 3.00 bits per heavy atom. The number of pyridine rings is 1. The molecule has 0 radical (unpaired) electrons. The third-order valence-corrected chi connectivity index (χ3v) is 3.36. The first-order valence-electron chi connectivity index (χ1n) is 5.61. The van der Waals surface area contributed by atoms with Crippen LogP contribution in [0.5, 0.6) is 0 Å². The molecule has 1 atom stereocenters. The number of nitrogens with zero attached hydrogens (tertiary/aromatic N) is 1. The van der Waals surface area contributed by atoms with Crippen molar-refractivity contribution in [2.75, 3.05) is 0 Å². The zero-order chi connectivity index (χ0) is 13.0. The number of nitrogens with one attached hydrogen (secondary N) is 1. The Morgan fingerprint density at radius 2 is 2.33 bits per heavy atom. The maximum atomic E-state index is 10.8. The summed E-state index contributed by atoms with van der Waals surface area (Å²) in [6.07, 6.45) is 0. The summed E-state index contributed by atoms with van der Waals surface area (Å²) in [5, 5.41) is 16.3. The van der Waals surface area contributed by atoms with Gasteiger partial charge in [-0.25, -0.2) is 9.78 Å². The first-order valence-corrected chi connectivity index (χ1v) is 6.56. The second-order valence-electron chi connectivity index (χ2n) is 3.98. The van der Waals surface area contributed by atoms with Crippen LogP contribution in [0.15, 0.2) is 35.0 Å². The van der Waals surface area contributed by atoms with Gasteiger partial charge in [-0.2, -0.15) is 11.3 Å². The molecule has 2 aromatic heterocycles. The molecule has 2 aromatic rings. The minimum Gasteiger partial charge on any atom is -0.477 e. The average Bonchev–Trinajstić information content (AvgIpc) is 2.90. The molecule has 0 saturated carbocycles. The van der Waals surface area contributed by atoms with Crippen LogP contribution in [-0.4, -0.2) is 16.1 Å².